The molecule has 2 saturated heterocycles. The summed E-state index contributed by atoms with van der Waals surface area (Å²) in [7, 11) is 0. The summed E-state index contributed by atoms with van der Waals surface area (Å²) in [6, 6.07) is 17.4. The first-order chi connectivity index (χ1) is 19.7. The number of ether oxygens (including phenoxy) is 3. The Balaban J connectivity index is 1.11. The van der Waals surface area contributed by atoms with Crippen LogP contribution in [0.1, 0.15) is 39.2 Å². The lowest BCUT2D eigenvalue weighted by Gasteiger charge is -2.44. The molecule has 4 rings (SSSR count). The van der Waals surface area contributed by atoms with Gasteiger partial charge in [-0.25, -0.2) is 19.6 Å². The third kappa shape index (κ3) is 9.47. The van der Waals surface area contributed by atoms with Gasteiger partial charge in [-0.1, -0.05) is 30.3 Å². The molecule has 0 saturated carbocycles. The van der Waals surface area contributed by atoms with E-state index in [0.29, 0.717) is 24.5 Å². The van der Waals surface area contributed by atoms with Crippen LogP contribution >= 0.6 is 0 Å². The summed E-state index contributed by atoms with van der Waals surface area (Å²) in [6.07, 6.45) is 3.55. The lowest BCUT2D eigenvalue weighted by Crippen LogP contribution is -2.57. The lowest BCUT2D eigenvalue weighted by atomic mass is 9.91. The fourth-order valence-corrected chi connectivity index (χ4v) is 4.92. The smallest absolute Gasteiger partial charge is 0.347 e. The molecule has 2 aliphatic heterocycles. The Hall–Kier alpha value is -3.63. The van der Waals surface area contributed by atoms with Crippen molar-refractivity contribution < 1.29 is 28.6 Å². The zero-order valence-corrected chi connectivity index (χ0v) is 24.3. The number of benzene rings is 2. The summed E-state index contributed by atoms with van der Waals surface area (Å²) in [6.45, 7) is 9.50. The second-order valence-electron chi connectivity index (χ2n) is 11.6. The Labute approximate surface area is 242 Å². The molecule has 0 unspecified atom stereocenters. The molecule has 2 heterocycles. The number of hydrogen-bond acceptors (Lipinski definition) is 8. The van der Waals surface area contributed by atoms with Crippen LogP contribution in [0.3, 0.4) is 0 Å². The van der Waals surface area contributed by atoms with Gasteiger partial charge < -0.3 is 24.4 Å². The van der Waals surface area contributed by atoms with Gasteiger partial charge in [-0.2, -0.15) is 0 Å². The maximum atomic E-state index is 12.8. The fraction of sp³-hybridized carbons (Fsp3) is 0.516. The number of nitrogens with one attached hydrogen (secondary N) is 1. The average molecular weight is 567 g/mol. The van der Waals surface area contributed by atoms with Crippen molar-refractivity contribution in [2.24, 2.45) is 11.3 Å². The van der Waals surface area contributed by atoms with Gasteiger partial charge in [0.25, 0.3) is 0 Å². The summed E-state index contributed by atoms with van der Waals surface area (Å²) >= 11 is 0. The minimum atomic E-state index is -0.672. The number of carbonyl (C=O) groups is 3. The number of piperazine rings is 1. The minimum absolute atomic E-state index is 0.131. The van der Waals surface area contributed by atoms with E-state index in [2.05, 4.69) is 45.7 Å². The van der Waals surface area contributed by atoms with Gasteiger partial charge in [0.15, 0.2) is 6.61 Å². The largest absolute Gasteiger partial charge is 0.482 e. The van der Waals surface area contributed by atoms with E-state index in [-0.39, 0.29) is 12.6 Å². The first-order valence-electron chi connectivity index (χ1n) is 14.3. The molecule has 10 heteroatoms. The standard InChI is InChI=1S/C31H42N4O6/c1-31(2,3)29(37)41-23-40-28(36)22-39-27-11-9-26(10-12-27)32-30(38)33-17-19-35(20-18-33)34-15-13-25(14-16-34)21-24-7-5-4-6-8-24/h4-12,25H,13-23H2,1-3H3,(H,32,38). The van der Waals surface area contributed by atoms with E-state index in [1.165, 1.54) is 18.4 Å². The predicted octanol–water partition coefficient (Wildman–Crippen LogP) is 4.17. The van der Waals surface area contributed by atoms with Gasteiger partial charge in [-0.3, -0.25) is 4.79 Å². The molecule has 0 atom stereocenters. The molecule has 2 amide bonds. The molecule has 0 aliphatic carbocycles. The number of hydrazine groups is 1. The average Bonchev–Trinajstić information content (AvgIpc) is 2.97. The van der Waals surface area contributed by atoms with Crippen LogP contribution in [0.15, 0.2) is 54.6 Å². The van der Waals surface area contributed by atoms with Gasteiger partial charge in [-0.15, -0.1) is 0 Å². The maximum Gasteiger partial charge on any atom is 0.347 e. The van der Waals surface area contributed by atoms with Gasteiger partial charge in [-0.05, 0) is 75.8 Å². The van der Waals surface area contributed by atoms with Crippen LogP contribution in [0.2, 0.25) is 0 Å². The normalized spacial score (nSPS) is 17.1. The fourth-order valence-electron chi connectivity index (χ4n) is 4.92. The number of urea groups is 1. The number of hydrogen-bond donors (Lipinski definition) is 1. The third-order valence-corrected chi connectivity index (χ3v) is 7.39. The van der Waals surface area contributed by atoms with Crippen molar-refractivity contribution in [1.29, 1.82) is 0 Å². The van der Waals surface area contributed by atoms with Crippen molar-refractivity contribution in [2.75, 3.05) is 58.0 Å². The summed E-state index contributed by atoms with van der Waals surface area (Å²) in [5.74, 6) is 0.0735. The van der Waals surface area contributed by atoms with Crippen LogP contribution in [0.25, 0.3) is 0 Å². The third-order valence-electron chi connectivity index (χ3n) is 7.39. The molecule has 0 aromatic heterocycles. The highest BCUT2D eigenvalue weighted by Gasteiger charge is 2.28. The van der Waals surface area contributed by atoms with Crippen LogP contribution in [0.5, 0.6) is 5.75 Å². The number of carbonyl (C=O) groups excluding carboxylic acids is 3. The summed E-state index contributed by atoms with van der Waals surface area (Å²) < 4.78 is 15.2. The van der Waals surface area contributed by atoms with Gasteiger partial charge >= 0.3 is 18.0 Å². The van der Waals surface area contributed by atoms with Crippen LogP contribution in [-0.4, -0.2) is 85.6 Å². The Morgan fingerprint density at radius 3 is 2.10 bits per heavy atom. The number of rotatable bonds is 9. The second-order valence-corrected chi connectivity index (χ2v) is 11.6. The molecular formula is C31H42N4O6. The number of amides is 2. The van der Waals surface area contributed by atoms with E-state index in [0.717, 1.165) is 38.5 Å². The predicted molar refractivity (Wildman–Crippen MR) is 155 cm³/mol. The SMILES string of the molecule is CC(C)(C)C(=O)OCOC(=O)COc1ccc(NC(=O)N2CCN(N3CCC(Cc4ccccc4)CC3)CC2)cc1. The summed E-state index contributed by atoms with van der Waals surface area (Å²) in [4.78, 5) is 38.2. The van der Waals surface area contributed by atoms with Crippen molar-refractivity contribution in [2.45, 2.75) is 40.0 Å². The van der Waals surface area contributed by atoms with Crippen molar-refractivity contribution in [3.8, 4) is 5.75 Å². The number of nitrogens with zero attached hydrogens (tertiary/aromatic N) is 3. The molecule has 0 bridgehead atoms. The van der Waals surface area contributed by atoms with Crippen molar-refractivity contribution in [1.82, 2.24) is 14.9 Å². The van der Waals surface area contributed by atoms with Gasteiger partial charge in [0, 0.05) is 45.0 Å². The molecule has 222 valence electrons. The quantitative estimate of drug-likeness (QED) is 0.357. The van der Waals surface area contributed by atoms with E-state index in [9.17, 15) is 14.4 Å². The van der Waals surface area contributed by atoms with Crippen LogP contribution < -0.4 is 10.1 Å². The molecule has 2 aromatic carbocycles. The topological polar surface area (TPSA) is 101 Å². The highest BCUT2D eigenvalue weighted by Crippen LogP contribution is 2.23. The molecule has 0 radical (unpaired) electrons. The van der Waals surface area contributed by atoms with E-state index in [4.69, 9.17) is 14.2 Å². The molecule has 2 aliphatic rings. The maximum absolute atomic E-state index is 12.8. The minimum Gasteiger partial charge on any atom is -0.482 e. The molecule has 10 nitrogen and oxygen atoms in total. The number of anilines is 1. The summed E-state index contributed by atoms with van der Waals surface area (Å²) in [5.41, 5.74) is 1.39. The second kappa shape index (κ2) is 14.3. The number of esters is 2. The summed E-state index contributed by atoms with van der Waals surface area (Å²) in [5, 5.41) is 7.80. The van der Waals surface area contributed by atoms with Gasteiger partial charge in [0.1, 0.15) is 5.75 Å². The molecule has 1 N–H and O–H groups in total. The Morgan fingerprint density at radius 2 is 1.46 bits per heavy atom. The Bertz CT molecular complexity index is 1140. The Morgan fingerprint density at radius 1 is 0.829 bits per heavy atom. The molecule has 0 spiro atoms. The van der Waals surface area contributed by atoms with Crippen molar-refractivity contribution >= 4 is 23.7 Å². The molecule has 2 aromatic rings. The van der Waals surface area contributed by atoms with Crippen molar-refractivity contribution in [3.05, 3.63) is 60.2 Å². The zero-order valence-electron chi connectivity index (χ0n) is 24.3. The van der Waals surface area contributed by atoms with Gasteiger partial charge in [0.05, 0.1) is 5.41 Å². The number of piperidine rings is 1. The van der Waals surface area contributed by atoms with Gasteiger partial charge in [0.2, 0.25) is 6.79 Å². The van der Waals surface area contributed by atoms with Crippen molar-refractivity contribution in [3.63, 3.8) is 0 Å². The van der Waals surface area contributed by atoms with Crippen LogP contribution in [0, 0.1) is 11.3 Å². The first-order valence-corrected chi connectivity index (χ1v) is 14.3. The van der Waals surface area contributed by atoms with E-state index in [1.807, 2.05) is 4.90 Å². The van der Waals surface area contributed by atoms with Crippen LogP contribution in [-0.2, 0) is 25.5 Å². The molecular weight excluding hydrogens is 524 g/mol. The molecule has 2 fully saturated rings. The van der Waals surface area contributed by atoms with Crippen LogP contribution in [0.4, 0.5) is 10.5 Å². The first kappa shape index (κ1) is 30.3. The van der Waals surface area contributed by atoms with E-state index in [1.54, 1.807) is 45.0 Å². The zero-order chi connectivity index (χ0) is 29.2. The lowest BCUT2D eigenvalue weighted by molar-refractivity contribution is -0.174. The van der Waals surface area contributed by atoms with E-state index >= 15 is 0 Å². The van der Waals surface area contributed by atoms with E-state index < -0.39 is 24.1 Å². The molecule has 41 heavy (non-hydrogen) atoms. The monoisotopic (exact) mass is 566 g/mol. The highest BCUT2D eigenvalue weighted by atomic mass is 16.7. The highest BCUT2D eigenvalue weighted by molar-refractivity contribution is 5.89. The Kier molecular flexibility index (Phi) is 10.6.